The number of imidazole rings is 1. The Morgan fingerprint density at radius 3 is 2.46 bits per heavy atom. The Hall–Kier alpha value is -3.86. The molecule has 2 N–H and O–H groups in total. The van der Waals surface area contributed by atoms with Gasteiger partial charge in [0.05, 0.1) is 12.7 Å². The number of anilines is 1. The van der Waals surface area contributed by atoms with Crippen molar-refractivity contribution in [3.05, 3.63) is 53.2 Å². The minimum Gasteiger partial charge on any atom is -0.444 e. The summed E-state index contributed by atoms with van der Waals surface area (Å²) in [5.41, 5.74) is 1.23. The lowest BCUT2D eigenvalue weighted by Crippen LogP contribution is -2.46. The highest BCUT2D eigenvalue weighted by atomic mass is 35.5. The zero-order valence-electron chi connectivity index (χ0n) is 23.8. The molecule has 0 bridgehead atoms. The van der Waals surface area contributed by atoms with E-state index in [9.17, 15) is 14.4 Å². The van der Waals surface area contributed by atoms with E-state index in [4.69, 9.17) is 16.3 Å². The third-order valence-corrected chi connectivity index (χ3v) is 8.07. The summed E-state index contributed by atoms with van der Waals surface area (Å²) in [5, 5.41) is 9.99. The summed E-state index contributed by atoms with van der Waals surface area (Å²) in [6, 6.07) is 9.60. The smallest absolute Gasteiger partial charge is 0.410 e. The summed E-state index contributed by atoms with van der Waals surface area (Å²) in [4.78, 5) is 47.1. The van der Waals surface area contributed by atoms with Crippen molar-refractivity contribution in [1.82, 2.24) is 29.5 Å². The molecule has 41 heavy (non-hydrogen) atoms. The van der Waals surface area contributed by atoms with E-state index < -0.39 is 11.5 Å². The van der Waals surface area contributed by atoms with Crippen molar-refractivity contribution in [2.75, 3.05) is 25.0 Å². The molecule has 1 aromatic carbocycles. The number of nitrogens with zero attached hydrogens (tertiary/aromatic N) is 5. The van der Waals surface area contributed by atoms with Gasteiger partial charge in [-0.05, 0) is 45.1 Å². The van der Waals surface area contributed by atoms with Gasteiger partial charge in [-0.2, -0.15) is 5.10 Å². The highest BCUT2D eigenvalue weighted by Gasteiger charge is 2.35. The minimum atomic E-state index is -0.537. The summed E-state index contributed by atoms with van der Waals surface area (Å²) in [6.45, 7) is 9.84. The van der Waals surface area contributed by atoms with Gasteiger partial charge in [0, 0.05) is 37.7 Å². The SMILES string of the molecule is CC(C(=O)N1CCn2c(nc(C(=O)Nc3[nH]ncc3-c3ccccc3)c2Cl)C1)C1CCN(C(=O)OC(C)(C)C)CC1. The molecule has 2 aliphatic rings. The van der Waals surface area contributed by atoms with Crippen molar-refractivity contribution in [3.63, 3.8) is 0 Å². The molecule has 11 nitrogen and oxygen atoms in total. The average Bonchev–Trinajstić information content (AvgIpc) is 3.55. The Kier molecular flexibility index (Phi) is 8.08. The van der Waals surface area contributed by atoms with Gasteiger partial charge in [-0.3, -0.25) is 14.7 Å². The molecule has 1 saturated heterocycles. The Morgan fingerprint density at radius 2 is 1.78 bits per heavy atom. The second-order valence-corrected chi connectivity index (χ2v) is 12.0. The molecule has 1 unspecified atom stereocenters. The number of ether oxygens (including phenoxy) is 1. The molecule has 12 heteroatoms. The maximum atomic E-state index is 13.5. The number of aromatic amines is 1. The summed E-state index contributed by atoms with van der Waals surface area (Å²) in [7, 11) is 0. The number of carbonyl (C=O) groups excluding carboxylic acids is 3. The molecule has 2 aliphatic heterocycles. The number of carbonyl (C=O) groups is 3. The first kappa shape index (κ1) is 28.7. The second-order valence-electron chi connectivity index (χ2n) is 11.7. The number of fused-ring (bicyclic) bond motifs is 1. The zero-order valence-corrected chi connectivity index (χ0v) is 24.6. The van der Waals surface area contributed by atoms with Crippen LogP contribution in [-0.2, 0) is 22.6 Å². The lowest BCUT2D eigenvalue weighted by atomic mass is 9.84. The number of H-pyrrole nitrogens is 1. The van der Waals surface area contributed by atoms with Crippen LogP contribution in [0.15, 0.2) is 36.5 Å². The normalized spacial score (nSPS) is 16.7. The summed E-state index contributed by atoms with van der Waals surface area (Å²) in [6.07, 6.45) is 2.82. The first-order valence-corrected chi connectivity index (χ1v) is 14.3. The molecule has 1 fully saturated rings. The van der Waals surface area contributed by atoms with E-state index in [-0.39, 0.29) is 41.2 Å². The van der Waals surface area contributed by atoms with Gasteiger partial charge in [-0.1, -0.05) is 48.9 Å². The molecular weight excluding hydrogens is 546 g/mol. The maximum Gasteiger partial charge on any atom is 0.410 e. The maximum absolute atomic E-state index is 13.5. The van der Waals surface area contributed by atoms with Crippen LogP contribution >= 0.6 is 11.6 Å². The van der Waals surface area contributed by atoms with Crippen molar-refractivity contribution in [1.29, 1.82) is 0 Å². The number of nitrogens with one attached hydrogen (secondary N) is 2. The Labute approximate surface area is 244 Å². The van der Waals surface area contributed by atoms with Crippen LogP contribution in [-0.4, -0.2) is 72.7 Å². The van der Waals surface area contributed by atoms with Gasteiger partial charge in [0.2, 0.25) is 5.91 Å². The van der Waals surface area contributed by atoms with Crippen LogP contribution < -0.4 is 5.32 Å². The van der Waals surface area contributed by atoms with E-state index >= 15 is 0 Å². The highest BCUT2D eigenvalue weighted by molar-refractivity contribution is 6.33. The number of piperidine rings is 1. The second kappa shape index (κ2) is 11.6. The highest BCUT2D eigenvalue weighted by Crippen LogP contribution is 2.31. The Balaban J connectivity index is 1.20. The summed E-state index contributed by atoms with van der Waals surface area (Å²) >= 11 is 6.59. The molecule has 1 atom stereocenters. The van der Waals surface area contributed by atoms with Gasteiger partial charge in [0.1, 0.15) is 22.4 Å². The molecule has 0 spiro atoms. The number of likely N-dealkylation sites (tertiary alicyclic amines) is 1. The topological polar surface area (TPSA) is 125 Å². The lowest BCUT2D eigenvalue weighted by molar-refractivity contribution is -0.138. The summed E-state index contributed by atoms with van der Waals surface area (Å²) in [5.74, 6) is 0.572. The molecule has 3 aromatic rings. The molecule has 0 aliphatic carbocycles. The van der Waals surface area contributed by atoms with E-state index in [0.29, 0.717) is 37.8 Å². The third-order valence-electron chi connectivity index (χ3n) is 7.69. The van der Waals surface area contributed by atoms with Gasteiger partial charge >= 0.3 is 6.09 Å². The van der Waals surface area contributed by atoms with Crippen molar-refractivity contribution >= 4 is 35.3 Å². The van der Waals surface area contributed by atoms with Crippen LogP contribution in [0.5, 0.6) is 0 Å². The van der Waals surface area contributed by atoms with E-state index in [1.807, 2.05) is 58.0 Å². The van der Waals surface area contributed by atoms with Crippen LogP contribution in [0.25, 0.3) is 11.1 Å². The number of halogens is 1. The number of benzene rings is 1. The van der Waals surface area contributed by atoms with Gasteiger partial charge < -0.3 is 24.4 Å². The Morgan fingerprint density at radius 1 is 1.07 bits per heavy atom. The van der Waals surface area contributed by atoms with E-state index in [0.717, 1.165) is 24.0 Å². The van der Waals surface area contributed by atoms with Gasteiger partial charge in [-0.15, -0.1) is 0 Å². The fraction of sp³-hybridized carbons (Fsp3) is 0.483. The zero-order chi connectivity index (χ0) is 29.3. The van der Waals surface area contributed by atoms with Crippen LogP contribution in [0.4, 0.5) is 10.6 Å². The quantitative estimate of drug-likeness (QED) is 0.446. The van der Waals surface area contributed by atoms with E-state index in [1.165, 1.54) is 0 Å². The van der Waals surface area contributed by atoms with Crippen LogP contribution in [0.1, 0.15) is 56.8 Å². The van der Waals surface area contributed by atoms with Crippen molar-refractivity contribution < 1.29 is 19.1 Å². The van der Waals surface area contributed by atoms with Gasteiger partial charge in [0.25, 0.3) is 5.91 Å². The number of rotatable bonds is 5. The van der Waals surface area contributed by atoms with Crippen molar-refractivity contribution in [2.24, 2.45) is 11.8 Å². The van der Waals surface area contributed by atoms with Crippen LogP contribution in [0.2, 0.25) is 5.15 Å². The monoisotopic (exact) mass is 581 g/mol. The summed E-state index contributed by atoms with van der Waals surface area (Å²) < 4.78 is 7.28. The molecule has 3 amide bonds. The predicted octanol–water partition coefficient (Wildman–Crippen LogP) is 4.80. The van der Waals surface area contributed by atoms with Gasteiger partial charge in [0.15, 0.2) is 5.69 Å². The van der Waals surface area contributed by atoms with Gasteiger partial charge in [-0.25, -0.2) is 9.78 Å². The number of hydrogen-bond acceptors (Lipinski definition) is 6. The van der Waals surface area contributed by atoms with Crippen LogP contribution in [0.3, 0.4) is 0 Å². The van der Waals surface area contributed by atoms with Crippen molar-refractivity contribution in [3.8, 4) is 11.1 Å². The number of hydrogen-bond donors (Lipinski definition) is 2. The number of amides is 3. The Bertz CT molecular complexity index is 1420. The van der Waals surface area contributed by atoms with E-state index in [2.05, 4.69) is 20.5 Å². The molecular formula is C29H36ClN7O4. The molecule has 5 rings (SSSR count). The first-order chi connectivity index (χ1) is 19.5. The molecule has 2 aromatic heterocycles. The fourth-order valence-electron chi connectivity index (χ4n) is 5.42. The van der Waals surface area contributed by atoms with Crippen LogP contribution in [0, 0.1) is 11.8 Å². The molecule has 0 saturated carbocycles. The third kappa shape index (κ3) is 6.24. The molecule has 4 heterocycles. The predicted molar refractivity (Wildman–Crippen MR) is 154 cm³/mol. The minimum absolute atomic E-state index is 0.0436. The fourth-order valence-corrected chi connectivity index (χ4v) is 5.73. The lowest BCUT2D eigenvalue weighted by Gasteiger charge is -2.37. The average molecular weight is 582 g/mol. The van der Waals surface area contributed by atoms with E-state index in [1.54, 1.807) is 20.6 Å². The largest absolute Gasteiger partial charge is 0.444 e. The molecule has 0 radical (unpaired) electrons. The van der Waals surface area contributed by atoms with Crippen molar-refractivity contribution in [2.45, 2.75) is 59.2 Å². The molecule has 218 valence electrons. The first-order valence-electron chi connectivity index (χ1n) is 13.9. The standard InChI is InChI=1S/C29H36ClN7O4/c1-18(19-10-12-35(13-11-19)28(40)41-29(2,3)4)27(39)36-14-15-37-22(17-36)32-23(24(37)30)26(38)33-25-21(16-31-34-25)20-8-6-5-7-9-20/h5-9,16,18-19H,10-15,17H2,1-4H3,(H2,31,33,34,38). The number of aromatic nitrogens is 4.